The van der Waals surface area contributed by atoms with Crippen molar-refractivity contribution in [2.45, 2.75) is 38.8 Å². The van der Waals surface area contributed by atoms with E-state index in [0.29, 0.717) is 0 Å². The van der Waals surface area contributed by atoms with Crippen LogP contribution in [0.4, 0.5) is 4.39 Å². The fourth-order valence-electron chi connectivity index (χ4n) is 1.78. The minimum absolute atomic E-state index is 0.0547. The average molecular weight is 225 g/mol. The van der Waals surface area contributed by atoms with Crippen LogP contribution in [0.3, 0.4) is 0 Å². The molecule has 2 unspecified atom stereocenters. The Morgan fingerprint density at radius 2 is 2.12 bits per heavy atom. The largest absolute Gasteiger partial charge is 0.382 e. The molecule has 1 rings (SSSR count). The van der Waals surface area contributed by atoms with Crippen LogP contribution >= 0.6 is 0 Å². The third-order valence-electron chi connectivity index (χ3n) is 2.82. The molecule has 0 aliphatic rings. The van der Waals surface area contributed by atoms with Crippen molar-refractivity contribution in [3.63, 3.8) is 0 Å². The minimum atomic E-state index is -0.194. The Labute approximate surface area is 96.6 Å². The molecule has 2 atom stereocenters. The van der Waals surface area contributed by atoms with Gasteiger partial charge in [0.1, 0.15) is 5.82 Å². The second-order valence-electron chi connectivity index (χ2n) is 4.32. The molecular weight excluding hydrogens is 205 g/mol. The second kappa shape index (κ2) is 5.97. The van der Waals surface area contributed by atoms with Crippen LogP contribution in [0, 0.1) is 12.7 Å². The van der Waals surface area contributed by atoms with Gasteiger partial charge in [-0.25, -0.2) is 4.39 Å². The van der Waals surface area contributed by atoms with Crippen molar-refractivity contribution in [2.24, 2.45) is 5.73 Å². The molecule has 1 aromatic rings. The lowest BCUT2D eigenvalue weighted by Crippen LogP contribution is -2.28. The molecule has 0 saturated heterocycles. The summed E-state index contributed by atoms with van der Waals surface area (Å²) in [6.45, 7) is 3.91. The molecule has 0 bridgehead atoms. The van der Waals surface area contributed by atoms with Crippen molar-refractivity contribution >= 4 is 0 Å². The number of rotatable bonds is 5. The monoisotopic (exact) mass is 225 g/mol. The first-order chi connectivity index (χ1) is 7.52. The molecule has 1 aromatic carbocycles. The van der Waals surface area contributed by atoms with Crippen LogP contribution in [0.15, 0.2) is 18.2 Å². The van der Waals surface area contributed by atoms with Gasteiger partial charge in [0.2, 0.25) is 0 Å². The average Bonchev–Trinajstić information content (AvgIpc) is 2.22. The molecule has 0 saturated carbocycles. The Morgan fingerprint density at radius 1 is 1.44 bits per heavy atom. The normalized spacial score (nSPS) is 14.8. The molecule has 0 heterocycles. The van der Waals surface area contributed by atoms with Crippen LogP contribution in [0.25, 0.3) is 0 Å². The maximum atomic E-state index is 12.9. The van der Waals surface area contributed by atoms with E-state index in [0.717, 1.165) is 24.0 Å². The zero-order chi connectivity index (χ0) is 12.1. The predicted octanol–water partition coefficient (Wildman–Crippen LogP) is 2.43. The zero-order valence-electron chi connectivity index (χ0n) is 10.2. The summed E-state index contributed by atoms with van der Waals surface area (Å²) in [5, 5.41) is 0. The highest BCUT2D eigenvalue weighted by Gasteiger charge is 2.10. The molecule has 0 amide bonds. The summed E-state index contributed by atoms with van der Waals surface area (Å²) in [5.41, 5.74) is 8.08. The lowest BCUT2D eigenvalue weighted by Gasteiger charge is -2.17. The van der Waals surface area contributed by atoms with E-state index in [9.17, 15) is 4.39 Å². The summed E-state index contributed by atoms with van der Waals surface area (Å²) in [6.07, 6.45) is 1.74. The fourth-order valence-corrected chi connectivity index (χ4v) is 1.78. The fraction of sp³-hybridized carbons (Fsp3) is 0.538. The smallest absolute Gasteiger partial charge is 0.123 e. The number of halogens is 1. The van der Waals surface area contributed by atoms with Crippen LogP contribution in [0.5, 0.6) is 0 Å². The minimum Gasteiger partial charge on any atom is -0.382 e. The lowest BCUT2D eigenvalue weighted by atomic mass is 9.98. The van der Waals surface area contributed by atoms with Crippen molar-refractivity contribution in [1.29, 1.82) is 0 Å². The molecule has 0 aliphatic heterocycles. The van der Waals surface area contributed by atoms with Crippen LogP contribution in [0.2, 0.25) is 0 Å². The van der Waals surface area contributed by atoms with Gasteiger partial charge in [0.25, 0.3) is 0 Å². The van der Waals surface area contributed by atoms with E-state index >= 15 is 0 Å². The van der Waals surface area contributed by atoms with Crippen LogP contribution < -0.4 is 5.73 Å². The van der Waals surface area contributed by atoms with E-state index in [1.165, 1.54) is 6.07 Å². The van der Waals surface area contributed by atoms with Gasteiger partial charge in [-0.05, 0) is 49.9 Å². The van der Waals surface area contributed by atoms with E-state index in [2.05, 4.69) is 0 Å². The molecule has 2 N–H and O–H groups in total. The van der Waals surface area contributed by atoms with Gasteiger partial charge in [0.15, 0.2) is 0 Å². The number of hydrogen-bond donors (Lipinski definition) is 1. The Hall–Kier alpha value is -0.930. The first-order valence-electron chi connectivity index (χ1n) is 5.56. The highest BCUT2D eigenvalue weighted by atomic mass is 19.1. The van der Waals surface area contributed by atoms with E-state index in [1.54, 1.807) is 13.2 Å². The molecule has 0 aromatic heterocycles. The maximum Gasteiger partial charge on any atom is 0.123 e. The third kappa shape index (κ3) is 3.91. The van der Waals surface area contributed by atoms with E-state index in [-0.39, 0.29) is 18.0 Å². The Balaban J connectivity index is 2.59. The lowest BCUT2D eigenvalue weighted by molar-refractivity contribution is 0.104. The number of hydrogen-bond acceptors (Lipinski definition) is 2. The van der Waals surface area contributed by atoms with Crippen molar-refractivity contribution in [3.8, 4) is 0 Å². The maximum absolute atomic E-state index is 12.9. The summed E-state index contributed by atoms with van der Waals surface area (Å²) in [5.74, 6) is -0.194. The van der Waals surface area contributed by atoms with Gasteiger partial charge in [0, 0.05) is 13.2 Å². The summed E-state index contributed by atoms with van der Waals surface area (Å²) < 4.78 is 18.1. The van der Waals surface area contributed by atoms with Gasteiger partial charge in [-0.1, -0.05) is 6.07 Å². The summed E-state index contributed by atoms with van der Waals surface area (Å²) in [7, 11) is 1.68. The first-order valence-corrected chi connectivity index (χ1v) is 5.56. The highest BCUT2D eigenvalue weighted by Crippen LogP contribution is 2.13. The molecule has 2 nitrogen and oxygen atoms in total. The van der Waals surface area contributed by atoms with Crippen molar-refractivity contribution in [2.75, 3.05) is 7.11 Å². The standard InChI is InChI=1S/C13H20FNO/c1-9-6-12(14)5-4-11(9)8-13(15)7-10(2)16-3/h4-6,10,13H,7-8,15H2,1-3H3. The van der Waals surface area contributed by atoms with E-state index in [1.807, 2.05) is 19.9 Å². The van der Waals surface area contributed by atoms with Crippen LogP contribution in [-0.2, 0) is 11.2 Å². The summed E-state index contributed by atoms with van der Waals surface area (Å²) in [4.78, 5) is 0. The molecule has 0 fully saturated rings. The van der Waals surface area contributed by atoms with Crippen LogP contribution in [0.1, 0.15) is 24.5 Å². The van der Waals surface area contributed by atoms with E-state index in [4.69, 9.17) is 10.5 Å². The van der Waals surface area contributed by atoms with Crippen molar-refractivity contribution in [3.05, 3.63) is 35.1 Å². The third-order valence-corrected chi connectivity index (χ3v) is 2.82. The number of ether oxygens (including phenoxy) is 1. The number of nitrogens with two attached hydrogens (primary N) is 1. The Morgan fingerprint density at radius 3 is 2.69 bits per heavy atom. The van der Waals surface area contributed by atoms with Crippen molar-refractivity contribution in [1.82, 2.24) is 0 Å². The zero-order valence-corrected chi connectivity index (χ0v) is 10.2. The summed E-state index contributed by atoms with van der Waals surface area (Å²) in [6, 6.07) is 4.89. The Bertz CT molecular complexity index is 341. The van der Waals surface area contributed by atoms with Crippen LogP contribution in [-0.4, -0.2) is 19.3 Å². The topological polar surface area (TPSA) is 35.2 Å². The number of methoxy groups -OCH3 is 1. The van der Waals surface area contributed by atoms with Gasteiger partial charge >= 0.3 is 0 Å². The summed E-state index contributed by atoms with van der Waals surface area (Å²) >= 11 is 0. The predicted molar refractivity (Wildman–Crippen MR) is 63.9 cm³/mol. The molecule has 0 spiro atoms. The van der Waals surface area contributed by atoms with Gasteiger partial charge in [-0.2, -0.15) is 0 Å². The molecule has 0 aliphatic carbocycles. The van der Waals surface area contributed by atoms with Gasteiger partial charge in [-0.15, -0.1) is 0 Å². The second-order valence-corrected chi connectivity index (χ2v) is 4.32. The molecule has 90 valence electrons. The molecule has 16 heavy (non-hydrogen) atoms. The van der Waals surface area contributed by atoms with Crippen molar-refractivity contribution < 1.29 is 9.13 Å². The number of benzene rings is 1. The van der Waals surface area contributed by atoms with Gasteiger partial charge in [0.05, 0.1) is 6.10 Å². The highest BCUT2D eigenvalue weighted by molar-refractivity contribution is 5.27. The molecule has 3 heteroatoms. The molecule has 0 radical (unpaired) electrons. The molecular formula is C13H20FNO. The first kappa shape index (κ1) is 13.1. The van der Waals surface area contributed by atoms with Gasteiger partial charge < -0.3 is 10.5 Å². The van der Waals surface area contributed by atoms with E-state index < -0.39 is 0 Å². The van der Waals surface area contributed by atoms with Gasteiger partial charge in [-0.3, -0.25) is 0 Å². The Kier molecular flexibility index (Phi) is 4.90. The quantitative estimate of drug-likeness (QED) is 0.835. The number of aryl methyl sites for hydroxylation is 1. The SMILES string of the molecule is COC(C)CC(N)Cc1ccc(F)cc1C.